The number of nitrogens with one attached hydrogen (secondary N) is 2. The van der Waals surface area contributed by atoms with Gasteiger partial charge in [0, 0.05) is 11.4 Å². The van der Waals surface area contributed by atoms with E-state index in [0.717, 1.165) is 16.9 Å². The van der Waals surface area contributed by atoms with E-state index >= 15 is 0 Å². The second-order valence-electron chi connectivity index (χ2n) is 8.38. The minimum absolute atomic E-state index is 0.0193. The highest BCUT2D eigenvalue weighted by molar-refractivity contribution is 6.30. The Bertz CT molecular complexity index is 1090. The average molecular weight is 407 g/mol. The number of benzene rings is 1. The van der Waals surface area contributed by atoms with Crippen molar-refractivity contribution in [3.05, 3.63) is 36.2 Å². The van der Waals surface area contributed by atoms with Gasteiger partial charge in [-0.05, 0) is 47.8 Å². The fraction of sp³-hybridized carbons (Fsp3) is 0.350. The smallest absolute Gasteiger partial charge is 0.301 e. The predicted octanol–water partition coefficient (Wildman–Crippen LogP) is 1.11. The van der Waals surface area contributed by atoms with Gasteiger partial charge in [-0.25, -0.2) is 0 Å². The molecule has 2 amide bonds. The zero-order valence-corrected chi connectivity index (χ0v) is 16.8. The number of primary amides is 1. The molecule has 10 heteroatoms. The third kappa shape index (κ3) is 2.68. The number of amides is 2. The number of quaternary nitrogens is 1. The predicted molar refractivity (Wildman–Crippen MR) is 113 cm³/mol. The molecule has 1 fully saturated rings. The lowest BCUT2D eigenvalue weighted by Gasteiger charge is -2.31. The van der Waals surface area contributed by atoms with Crippen LogP contribution in [-0.4, -0.2) is 52.6 Å². The molecule has 0 aliphatic carbocycles. The van der Waals surface area contributed by atoms with Crippen molar-refractivity contribution >= 4 is 41.2 Å². The van der Waals surface area contributed by atoms with E-state index in [1.54, 1.807) is 12.4 Å². The summed E-state index contributed by atoms with van der Waals surface area (Å²) in [6, 6.07) is 5.73. The number of hydrogen-bond donors (Lipinski definition) is 3. The van der Waals surface area contributed by atoms with Gasteiger partial charge in [0.2, 0.25) is 11.8 Å². The van der Waals surface area contributed by atoms with Crippen molar-refractivity contribution in [3.63, 3.8) is 0 Å². The van der Waals surface area contributed by atoms with Gasteiger partial charge >= 0.3 is 5.84 Å². The summed E-state index contributed by atoms with van der Waals surface area (Å²) >= 11 is 0. The topological polar surface area (TPSA) is 125 Å². The fourth-order valence-electron chi connectivity index (χ4n) is 4.27. The number of aliphatic imine (C=N–C) groups is 2. The number of carbonyl (C=O) groups is 2. The van der Waals surface area contributed by atoms with Gasteiger partial charge in [-0.15, -0.1) is 10.0 Å². The Morgan fingerprint density at radius 2 is 2.23 bits per heavy atom. The monoisotopic (exact) mass is 407 g/mol. The molecule has 0 spiro atoms. The van der Waals surface area contributed by atoms with Crippen molar-refractivity contribution in [3.8, 4) is 0 Å². The Morgan fingerprint density at radius 1 is 1.40 bits per heavy atom. The van der Waals surface area contributed by atoms with Crippen LogP contribution in [0.3, 0.4) is 0 Å². The van der Waals surface area contributed by atoms with Crippen molar-refractivity contribution < 1.29 is 14.3 Å². The summed E-state index contributed by atoms with van der Waals surface area (Å²) < 4.78 is 0.0321. The first-order valence-corrected chi connectivity index (χ1v) is 9.86. The number of nitrogens with two attached hydrogens (primary N) is 1. The highest BCUT2D eigenvalue weighted by Crippen LogP contribution is 2.39. The normalized spacial score (nSPS) is 28.6. The molecule has 2 unspecified atom stereocenters. The summed E-state index contributed by atoms with van der Waals surface area (Å²) in [6.45, 7) is 4.98. The number of rotatable bonds is 3. The summed E-state index contributed by atoms with van der Waals surface area (Å²) in [5, 5.41) is 13.0. The summed E-state index contributed by atoms with van der Waals surface area (Å²) in [4.78, 5) is 32.6. The zero-order chi connectivity index (χ0) is 21.1. The van der Waals surface area contributed by atoms with Crippen LogP contribution in [-0.2, 0) is 15.0 Å². The molecule has 5 rings (SSSR count). The van der Waals surface area contributed by atoms with Gasteiger partial charge in [-0.3, -0.25) is 14.6 Å². The van der Waals surface area contributed by atoms with Crippen molar-refractivity contribution in [1.82, 2.24) is 5.01 Å². The number of fused-ring (bicyclic) bond motifs is 2. The van der Waals surface area contributed by atoms with Gasteiger partial charge in [-0.2, -0.15) is 0 Å². The summed E-state index contributed by atoms with van der Waals surface area (Å²) in [7, 11) is 0. The molecule has 4 aliphatic heterocycles. The lowest BCUT2D eigenvalue weighted by Crippen LogP contribution is -2.55. The van der Waals surface area contributed by atoms with Gasteiger partial charge in [-0.1, -0.05) is 6.07 Å². The molecular formula is C20H23N8O2+. The molecule has 0 aromatic heterocycles. The van der Waals surface area contributed by atoms with Crippen molar-refractivity contribution in [2.45, 2.75) is 25.7 Å². The Balaban J connectivity index is 1.43. The standard InChI is InChI=1S/C20H22N8O2/c1-20(2)14-4-3-13(9-15(14)24-18(20)30)23-19-25-16-10-22-6-8-28(16,26-19)27-7-5-12(11-27)17(21)29/h3-4,6,8-10,12H,5,7,11H2,1-2H3,(H3-,21,23,24,26,29,30)/p+1. The van der Waals surface area contributed by atoms with Crippen LogP contribution < -0.4 is 16.4 Å². The number of nitrogens with zero attached hydrogens (tertiary/aromatic N) is 5. The van der Waals surface area contributed by atoms with Gasteiger partial charge in [0.25, 0.3) is 5.96 Å². The van der Waals surface area contributed by atoms with E-state index in [4.69, 9.17) is 10.8 Å². The highest BCUT2D eigenvalue weighted by atomic mass is 16.2. The quantitative estimate of drug-likeness (QED) is 0.649. The molecule has 0 saturated carbocycles. The van der Waals surface area contributed by atoms with Crippen LogP contribution in [0.25, 0.3) is 0 Å². The maximum atomic E-state index is 12.2. The first kappa shape index (κ1) is 18.6. The summed E-state index contributed by atoms with van der Waals surface area (Å²) in [6.07, 6.45) is 5.87. The molecule has 154 valence electrons. The SMILES string of the molecule is CC1(C)C(=O)Nc2cc(NC3=N[N+]4(N5CCC(C(N)=O)C5)C=CN=CC4=N3)ccc21. The van der Waals surface area contributed by atoms with E-state index < -0.39 is 5.41 Å². The van der Waals surface area contributed by atoms with Crippen molar-refractivity contribution in [1.29, 1.82) is 0 Å². The van der Waals surface area contributed by atoms with Crippen LogP contribution in [0.1, 0.15) is 25.8 Å². The molecule has 4 heterocycles. The molecule has 30 heavy (non-hydrogen) atoms. The van der Waals surface area contributed by atoms with E-state index in [1.165, 1.54) is 0 Å². The third-order valence-corrected chi connectivity index (χ3v) is 6.12. The van der Waals surface area contributed by atoms with Crippen molar-refractivity contribution in [2.75, 3.05) is 23.7 Å². The van der Waals surface area contributed by atoms with Gasteiger partial charge in [0.05, 0.1) is 30.6 Å². The van der Waals surface area contributed by atoms with Gasteiger partial charge < -0.3 is 16.4 Å². The lowest BCUT2D eigenvalue weighted by atomic mass is 9.86. The number of amidine groups is 1. The number of carbonyl (C=O) groups excluding carboxylic acids is 2. The van der Waals surface area contributed by atoms with E-state index in [2.05, 4.69) is 25.6 Å². The van der Waals surface area contributed by atoms with E-state index in [0.29, 0.717) is 31.3 Å². The Hall–Kier alpha value is -3.37. The molecule has 1 aromatic carbocycles. The molecule has 1 aromatic rings. The largest absolute Gasteiger partial charge is 0.369 e. The first-order valence-electron chi connectivity index (χ1n) is 9.86. The van der Waals surface area contributed by atoms with Crippen molar-refractivity contribution in [2.24, 2.45) is 26.7 Å². The van der Waals surface area contributed by atoms with Gasteiger partial charge in [0.15, 0.2) is 6.20 Å². The van der Waals surface area contributed by atoms with Crippen LogP contribution in [0.4, 0.5) is 11.4 Å². The fourth-order valence-corrected chi connectivity index (χ4v) is 4.27. The van der Waals surface area contributed by atoms with Crippen LogP contribution in [0, 0.1) is 5.92 Å². The second kappa shape index (κ2) is 6.31. The van der Waals surface area contributed by atoms with E-state index in [1.807, 2.05) is 38.2 Å². The molecule has 4 N–H and O–H groups in total. The van der Waals surface area contributed by atoms with E-state index in [9.17, 15) is 9.59 Å². The molecular weight excluding hydrogens is 384 g/mol. The molecule has 1 saturated heterocycles. The Labute approximate surface area is 173 Å². The molecule has 10 nitrogen and oxygen atoms in total. The lowest BCUT2D eigenvalue weighted by molar-refractivity contribution is -0.915. The van der Waals surface area contributed by atoms with Crippen LogP contribution >= 0.6 is 0 Å². The minimum atomic E-state index is -0.553. The zero-order valence-electron chi connectivity index (χ0n) is 16.8. The van der Waals surface area contributed by atoms with Crippen LogP contribution in [0.2, 0.25) is 0 Å². The first-order chi connectivity index (χ1) is 14.3. The molecule has 0 radical (unpaired) electrons. The van der Waals surface area contributed by atoms with E-state index in [-0.39, 0.29) is 22.4 Å². The van der Waals surface area contributed by atoms with Crippen LogP contribution in [0.15, 0.2) is 45.7 Å². The average Bonchev–Trinajstić information content (AvgIpc) is 3.38. The second-order valence-corrected chi connectivity index (χ2v) is 8.38. The number of hydrogen-bond acceptors (Lipinski definition) is 7. The van der Waals surface area contributed by atoms with Gasteiger partial charge in [0.1, 0.15) is 6.21 Å². The Morgan fingerprint density at radius 3 is 3.00 bits per heavy atom. The molecule has 0 bridgehead atoms. The minimum Gasteiger partial charge on any atom is -0.369 e. The van der Waals surface area contributed by atoms with Crippen LogP contribution in [0.5, 0.6) is 0 Å². The Kier molecular flexibility index (Phi) is 3.92. The molecule has 2 atom stereocenters. The maximum Gasteiger partial charge on any atom is 0.301 e. The highest BCUT2D eigenvalue weighted by Gasteiger charge is 2.50. The maximum absolute atomic E-state index is 12.2. The molecule has 4 aliphatic rings. The summed E-state index contributed by atoms with van der Waals surface area (Å²) in [5.41, 5.74) is 7.46. The number of guanidine groups is 1. The third-order valence-electron chi connectivity index (χ3n) is 6.12. The summed E-state index contributed by atoms with van der Waals surface area (Å²) in [5.74, 6) is 0.541. The number of anilines is 2.